The van der Waals surface area contributed by atoms with Crippen LogP contribution in [0.15, 0.2) is 27.6 Å². The van der Waals surface area contributed by atoms with Crippen LogP contribution in [0.2, 0.25) is 0 Å². The van der Waals surface area contributed by atoms with Gasteiger partial charge >= 0.3 is 0 Å². The van der Waals surface area contributed by atoms with Gasteiger partial charge in [-0.25, -0.2) is 4.99 Å². The van der Waals surface area contributed by atoms with Crippen molar-refractivity contribution in [1.82, 2.24) is 5.32 Å². The van der Waals surface area contributed by atoms with Crippen LogP contribution in [0.5, 0.6) is 0 Å². The molecule has 0 aromatic carbocycles. The topological polar surface area (TPSA) is 74.3 Å². The first-order valence-corrected chi connectivity index (χ1v) is 5.00. The molecule has 0 fully saturated rings. The van der Waals surface area contributed by atoms with Crippen molar-refractivity contribution in [3.8, 4) is 0 Å². The van der Waals surface area contributed by atoms with Crippen LogP contribution >= 0.6 is 11.9 Å². The standard InChI is InChI=1S/C9H16N4S/c1-7(4-5-8(2)14-11)9(12-3)13-6-10/h4-6H,11H2,1-3H3,(H2,10,12,13)/b7-4+,8-5+. The van der Waals surface area contributed by atoms with E-state index in [-0.39, 0.29) is 0 Å². The van der Waals surface area contributed by atoms with Gasteiger partial charge in [0, 0.05) is 7.05 Å². The Kier molecular flexibility index (Phi) is 6.78. The maximum atomic E-state index is 6.86. The molecule has 0 atom stereocenters. The van der Waals surface area contributed by atoms with Gasteiger partial charge in [0.1, 0.15) is 12.2 Å². The van der Waals surface area contributed by atoms with Gasteiger partial charge in [0.2, 0.25) is 0 Å². The molecule has 0 aliphatic carbocycles. The van der Waals surface area contributed by atoms with Crippen LogP contribution in [-0.4, -0.2) is 19.2 Å². The number of allylic oxidation sites excluding steroid dienone is 3. The fraction of sp³-hybridized carbons (Fsp3) is 0.333. The molecule has 0 bridgehead atoms. The second-order valence-corrected chi connectivity index (χ2v) is 3.48. The van der Waals surface area contributed by atoms with Gasteiger partial charge in [-0.1, -0.05) is 24.1 Å². The highest BCUT2D eigenvalue weighted by molar-refractivity contribution is 8.00. The van der Waals surface area contributed by atoms with Crippen LogP contribution in [0.1, 0.15) is 13.8 Å². The maximum Gasteiger partial charge on any atom is 0.130 e. The van der Waals surface area contributed by atoms with Crippen LogP contribution in [0.3, 0.4) is 0 Å². The molecule has 0 aliphatic rings. The lowest BCUT2D eigenvalue weighted by molar-refractivity contribution is 1.16. The Morgan fingerprint density at radius 2 is 2.07 bits per heavy atom. The van der Waals surface area contributed by atoms with Crippen LogP contribution in [-0.2, 0) is 0 Å². The van der Waals surface area contributed by atoms with Crippen LogP contribution in [0.4, 0.5) is 0 Å². The monoisotopic (exact) mass is 212 g/mol. The van der Waals surface area contributed by atoms with Crippen molar-refractivity contribution in [3.05, 3.63) is 22.6 Å². The minimum Gasteiger partial charge on any atom is -0.373 e. The number of nitrogens with zero attached hydrogens (tertiary/aromatic N) is 1. The molecule has 4 nitrogen and oxygen atoms in total. The molecular formula is C9H16N4S. The van der Waals surface area contributed by atoms with Gasteiger partial charge < -0.3 is 5.32 Å². The highest BCUT2D eigenvalue weighted by atomic mass is 32.2. The Balaban J connectivity index is 4.66. The number of amidine groups is 1. The SMILES string of the molecule is CNC(=N/C=N)/C(C)=C/C=C(\C)SN. The summed E-state index contributed by atoms with van der Waals surface area (Å²) in [6.07, 6.45) is 4.84. The number of hydrogen-bond donors (Lipinski definition) is 3. The van der Waals surface area contributed by atoms with Crippen molar-refractivity contribution in [2.45, 2.75) is 13.8 Å². The highest BCUT2D eigenvalue weighted by Gasteiger charge is 1.96. The van der Waals surface area contributed by atoms with Gasteiger partial charge in [-0.05, 0) is 24.3 Å². The first kappa shape index (κ1) is 12.9. The molecule has 0 unspecified atom stereocenters. The van der Waals surface area contributed by atoms with E-state index in [4.69, 9.17) is 10.5 Å². The van der Waals surface area contributed by atoms with E-state index in [0.717, 1.165) is 16.8 Å². The Labute approximate surface area is 89.0 Å². The van der Waals surface area contributed by atoms with Gasteiger partial charge in [0.15, 0.2) is 0 Å². The Bertz CT molecular complexity index is 279. The van der Waals surface area contributed by atoms with Crippen molar-refractivity contribution in [1.29, 1.82) is 5.41 Å². The summed E-state index contributed by atoms with van der Waals surface area (Å²) in [5, 5.41) is 15.1. The summed E-state index contributed by atoms with van der Waals surface area (Å²) in [5.41, 5.74) is 0.962. The van der Waals surface area contributed by atoms with Crippen molar-refractivity contribution >= 4 is 24.1 Å². The molecule has 0 aliphatic heterocycles. The van der Waals surface area contributed by atoms with Gasteiger partial charge in [-0.15, -0.1) is 0 Å². The maximum absolute atomic E-state index is 6.86. The summed E-state index contributed by atoms with van der Waals surface area (Å²) in [7, 11) is 1.77. The smallest absolute Gasteiger partial charge is 0.130 e. The van der Waals surface area contributed by atoms with Gasteiger partial charge in [0.25, 0.3) is 0 Å². The fourth-order valence-corrected chi connectivity index (χ4v) is 0.935. The molecule has 0 aromatic heterocycles. The summed E-state index contributed by atoms with van der Waals surface area (Å²) < 4.78 is 0. The predicted molar refractivity (Wildman–Crippen MR) is 64.6 cm³/mol. The van der Waals surface area contributed by atoms with E-state index in [2.05, 4.69) is 10.3 Å². The summed E-state index contributed by atoms with van der Waals surface area (Å²) >= 11 is 1.21. The number of nitrogens with one attached hydrogen (secondary N) is 2. The Morgan fingerprint density at radius 1 is 1.43 bits per heavy atom. The molecule has 0 rings (SSSR count). The number of hydrogen-bond acceptors (Lipinski definition) is 3. The number of rotatable bonds is 4. The lowest BCUT2D eigenvalue weighted by Gasteiger charge is -2.03. The van der Waals surface area contributed by atoms with Gasteiger partial charge in [0.05, 0.1) is 0 Å². The van der Waals surface area contributed by atoms with E-state index in [0.29, 0.717) is 5.84 Å². The van der Waals surface area contributed by atoms with Crippen molar-refractivity contribution in [3.63, 3.8) is 0 Å². The molecule has 0 heterocycles. The lowest BCUT2D eigenvalue weighted by atomic mass is 10.2. The summed E-state index contributed by atoms with van der Waals surface area (Å²) in [4.78, 5) is 4.88. The minimum absolute atomic E-state index is 0.686. The molecular weight excluding hydrogens is 196 g/mol. The number of nitrogens with two attached hydrogens (primary N) is 1. The molecule has 5 heteroatoms. The molecule has 0 radical (unpaired) electrons. The highest BCUT2D eigenvalue weighted by Crippen LogP contribution is 2.06. The second-order valence-electron chi connectivity index (χ2n) is 2.60. The predicted octanol–water partition coefficient (Wildman–Crippen LogP) is 1.67. The van der Waals surface area contributed by atoms with Crippen molar-refractivity contribution in [2.75, 3.05) is 7.05 Å². The third-order valence-corrected chi connectivity index (χ3v) is 2.07. The molecule has 0 amide bonds. The number of aliphatic imine (C=N–C) groups is 1. The van der Waals surface area contributed by atoms with Crippen molar-refractivity contribution < 1.29 is 0 Å². The zero-order valence-corrected chi connectivity index (χ0v) is 9.48. The third kappa shape index (κ3) is 4.84. The summed E-state index contributed by atoms with van der Waals surface area (Å²) in [6, 6.07) is 0. The molecule has 78 valence electrons. The van der Waals surface area contributed by atoms with E-state index < -0.39 is 0 Å². The average molecular weight is 212 g/mol. The zero-order valence-electron chi connectivity index (χ0n) is 8.66. The lowest BCUT2D eigenvalue weighted by Crippen LogP contribution is -2.19. The second kappa shape index (κ2) is 7.34. The quantitative estimate of drug-likeness (QED) is 0.287. The largest absolute Gasteiger partial charge is 0.373 e. The minimum atomic E-state index is 0.686. The van der Waals surface area contributed by atoms with Gasteiger partial charge in [-0.2, -0.15) is 0 Å². The Hall–Kier alpha value is -1.07. The average Bonchev–Trinajstić information content (AvgIpc) is 2.21. The summed E-state index contributed by atoms with van der Waals surface area (Å²) in [5.74, 6) is 0.686. The van der Waals surface area contributed by atoms with Crippen LogP contribution < -0.4 is 10.5 Å². The normalized spacial score (nSPS) is 14.1. The molecule has 0 spiro atoms. The Morgan fingerprint density at radius 3 is 2.50 bits per heavy atom. The van der Waals surface area contributed by atoms with E-state index in [1.54, 1.807) is 7.05 Å². The van der Waals surface area contributed by atoms with Crippen molar-refractivity contribution in [2.24, 2.45) is 10.1 Å². The van der Waals surface area contributed by atoms with E-state index in [9.17, 15) is 0 Å². The molecule has 0 saturated heterocycles. The van der Waals surface area contributed by atoms with Crippen LogP contribution in [0, 0.1) is 5.41 Å². The number of likely N-dealkylation sites (N-methyl/N-ethyl adjacent to an activating group) is 1. The first-order valence-electron chi connectivity index (χ1n) is 4.12. The van der Waals surface area contributed by atoms with E-state index in [1.807, 2.05) is 26.0 Å². The van der Waals surface area contributed by atoms with E-state index in [1.165, 1.54) is 11.9 Å². The zero-order chi connectivity index (χ0) is 11.0. The molecule has 14 heavy (non-hydrogen) atoms. The molecule has 0 saturated carbocycles. The first-order chi connectivity index (χ1) is 6.65. The fourth-order valence-electron chi connectivity index (χ4n) is 0.789. The van der Waals surface area contributed by atoms with Crippen LogP contribution in [0.25, 0.3) is 0 Å². The van der Waals surface area contributed by atoms with E-state index >= 15 is 0 Å². The third-order valence-electron chi connectivity index (χ3n) is 1.56. The van der Waals surface area contributed by atoms with Gasteiger partial charge in [-0.3, -0.25) is 10.5 Å². The summed E-state index contributed by atoms with van der Waals surface area (Å²) in [6.45, 7) is 3.85. The molecule has 4 N–H and O–H groups in total. The molecule has 0 aromatic rings.